The molecule has 0 aromatic heterocycles. The zero-order valence-electron chi connectivity index (χ0n) is 8.14. The molecule has 2 aliphatic carbocycles. The first kappa shape index (κ1) is 8.56. The zero-order chi connectivity index (χ0) is 9.31. The summed E-state index contributed by atoms with van der Waals surface area (Å²) in [5, 5.41) is 8.82. The first-order valence-corrected chi connectivity index (χ1v) is 5.06. The molecule has 0 aromatic carbocycles. The van der Waals surface area contributed by atoms with Gasteiger partial charge in [0, 0.05) is 5.57 Å². The molecule has 0 bridgehead atoms. The average Bonchev–Trinajstić information content (AvgIpc) is 2.16. The Morgan fingerprint density at radius 1 is 1.46 bits per heavy atom. The number of hydrogen-bond acceptors (Lipinski definition) is 1. The van der Waals surface area contributed by atoms with Crippen molar-refractivity contribution in [2.75, 3.05) is 0 Å². The van der Waals surface area contributed by atoms with Gasteiger partial charge in [-0.1, -0.05) is 13.0 Å². The molecule has 68 valence electrons. The van der Waals surface area contributed by atoms with Crippen LogP contribution in [0.1, 0.15) is 39.0 Å². The number of allylic oxidation sites excluding steroid dienone is 4. The van der Waals surface area contributed by atoms with Gasteiger partial charge < -0.3 is 0 Å². The number of rotatable bonds is 0. The van der Waals surface area contributed by atoms with Gasteiger partial charge in [0.05, 0.1) is 6.07 Å². The van der Waals surface area contributed by atoms with Crippen LogP contribution in [0.25, 0.3) is 0 Å². The first-order chi connectivity index (χ1) is 6.24. The maximum Gasteiger partial charge on any atom is 0.0947 e. The van der Waals surface area contributed by atoms with Crippen LogP contribution in [0, 0.1) is 16.7 Å². The third-order valence-electron chi connectivity index (χ3n) is 3.41. The lowest BCUT2D eigenvalue weighted by Gasteiger charge is -2.37. The summed E-state index contributed by atoms with van der Waals surface area (Å²) in [5.74, 6) is 0. The normalized spacial score (nSPS) is 32.6. The van der Waals surface area contributed by atoms with Crippen molar-refractivity contribution in [3.05, 3.63) is 23.3 Å². The SMILES string of the molecule is C[C@@]12CCCC=C1C=C(C#N)CC2. The van der Waals surface area contributed by atoms with Crippen molar-refractivity contribution in [3.63, 3.8) is 0 Å². The Kier molecular flexibility index (Phi) is 2.00. The molecule has 2 rings (SSSR count). The van der Waals surface area contributed by atoms with Crippen molar-refractivity contribution in [1.82, 2.24) is 0 Å². The summed E-state index contributed by atoms with van der Waals surface area (Å²) < 4.78 is 0. The Labute approximate surface area is 79.8 Å². The van der Waals surface area contributed by atoms with E-state index in [0.29, 0.717) is 5.41 Å². The van der Waals surface area contributed by atoms with Gasteiger partial charge in [0.1, 0.15) is 0 Å². The second-order valence-electron chi connectivity index (χ2n) is 4.39. The monoisotopic (exact) mass is 173 g/mol. The van der Waals surface area contributed by atoms with Gasteiger partial charge in [0.25, 0.3) is 0 Å². The smallest absolute Gasteiger partial charge is 0.0947 e. The van der Waals surface area contributed by atoms with Crippen LogP contribution in [-0.4, -0.2) is 0 Å². The van der Waals surface area contributed by atoms with Crippen LogP contribution < -0.4 is 0 Å². The fraction of sp³-hybridized carbons (Fsp3) is 0.583. The summed E-state index contributed by atoms with van der Waals surface area (Å²) in [6, 6.07) is 2.27. The molecule has 0 N–H and O–H groups in total. The number of nitrogens with zero attached hydrogens (tertiary/aromatic N) is 1. The minimum Gasteiger partial charge on any atom is -0.193 e. The van der Waals surface area contributed by atoms with Crippen LogP contribution in [0.3, 0.4) is 0 Å². The van der Waals surface area contributed by atoms with Crippen molar-refractivity contribution in [2.24, 2.45) is 5.41 Å². The molecule has 1 atom stereocenters. The fourth-order valence-corrected chi connectivity index (χ4v) is 2.40. The lowest BCUT2D eigenvalue weighted by atomic mass is 9.67. The molecule has 0 heterocycles. The van der Waals surface area contributed by atoms with Crippen LogP contribution in [0.2, 0.25) is 0 Å². The fourth-order valence-electron chi connectivity index (χ4n) is 2.40. The second kappa shape index (κ2) is 3.03. The molecular weight excluding hydrogens is 158 g/mol. The van der Waals surface area contributed by atoms with E-state index in [9.17, 15) is 0 Å². The first-order valence-electron chi connectivity index (χ1n) is 5.06. The Bertz CT molecular complexity index is 317. The molecule has 0 amide bonds. The molecule has 0 saturated carbocycles. The Balaban J connectivity index is 2.36. The third kappa shape index (κ3) is 1.42. The predicted molar refractivity (Wildman–Crippen MR) is 53.0 cm³/mol. The standard InChI is InChI=1S/C12H15N/c1-12-6-3-2-4-11(12)8-10(9-13)5-7-12/h4,8H,2-3,5-7H2,1H3/t12-/m0/s1. The molecule has 2 aliphatic rings. The summed E-state index contributed by atoms with van der Waals surface area (Å²) in [5.41, 5.74) is 2.77. The Morgan fingerprint density at radius 2 is 2.31 bits per heavy atom. The zero-order valence-corrected chi connectivity index (χ0v) is 8.14. The Morgan fingerprint density at radius 3 is 3.08 bits per heavy atom. The largest absolute Gasteiger partial charge is 0.193 e. The quantitative estimate of drug-likeness (QED) is 0.551. The highest BCUT2D eigenvalue weighted by molar-refractivity contribution is 5.39. The number of hydrogen-bond donors (Lipinski definition) is 0. The Hall–Kier alpha value is -1.03. The lowest BCUT2D eigenvalue weighted by Crippen LogP contribution is -2.24. The van der Waals surface area contributed by atoms with Crippen LogP contribution in [0.4, 0.5) is 0 Å². The van der Waals surface area contributed by atoms with Gasteiger partial charge in [-0.2, -0.15) is 5.26 Å². The summed E-state index contributed by atoms with van der Waals surface area (Å²) in [4.78, 5) is 0. The molecule has 0 fully saturated rings. The van der Waals surface area contributed by atoms with Crippen molar-refractivity contribution in [3.8, 4) is 6.07 Å². The number of fused-ring (bicyclic) bond motifs is 1. The van der Waals surface area contributed by atoms with Crippen molar-refractivity contribution >= 4 is 0 Å². The van der Waals surface area contributed by atoms with Gasteiger partial charge in [-0.15, -0.1) is 0 Å². The highest BCUT2D eigenvalue weighted by Gasteiger charge is 2.32. The molecular formula is C12H15N. The summed E-state index contributed by atoms with van der Waals surface area (Å²) in [6.45, 7) is 2.34. The van der Waals surface area contributed by atoms with E-state index in [0.717, 1.165) is 18.4 Å². The molecule has 1 heteroatoms. The summed E-state index contributed by atoms with van der Waals surface area (Å²) in [7, 11) is 0. The van der Waals surface area contributed by atoms with E-state index >= 15 is 0 Å². The minimum absolute atomic E-state index is 0.387. The molecule has 0 saturated heterocycles. The highest BCUT2D eigenvalue weighted by Crippen LogP contribution is 2.45. The molecule has 0 aromatic rings. The van der Waals surface area contributed by atoms with Crippen molar-refractivity contribution in [2.45, 2.75) is 39.0 Å². The predicted octanol–water partition coefficient (Wildman–Crippen LogP) is 3.35. The summed E-state index contributed by atoms with van der Waals surface area (Å²) >= 11 is 0. The van der Waals surface area contributed by atoms with E-state index in [4.69, 9.17) is 5.26 Å². The van der Waals surface area contributed by atoms with Crippen LogP contribution in [0.15, 0.2) is 23.3 Å². The van der Waals surface area contributed by atoms with Crippen molar-refractivity contribution in [1.29, 1.82) is 5.26 Å². The van der Waals surface area contributed by atoms with Gasteiger partial charge in [-0.3, -0.25) is 0 Å². The molecule has 0 radical (unpaired) electrons. The molecule has 0 aliphatic heterocycles. The molecule has 13 heavy (non-hydrogen) atoms. The number of nitriles is 1. The highest BCUT2D eigenvalue weighted by atomic mass is 14.4. The van der Waals surface area contributed by atoms with Gasteiger partial charge in [-0.25, -0.2) is 0 Å². The topological polar surface area (TPSA) is 23.8 Å². The van der Waals surface area contributed by atoms with E-state index in [1.807, 2.05) is 0 Å². The minimum atomic E-state index is 0.387. The second-order valence-corrected chi connectivity index (χ2v) is 4.39. The maximum absolute atomic E-state index is 8.82. The van der Waals surface area contributed by atoms with Gasteiger partial charge in [0.2, 0.25) is 0 Å². The molecule has 0 spiro atoms. The van der Waals surface area contributed by atoms with Gasteiger partial charge >= 0.3 is 0 Å². The van der Waals surface area contributed by atoms with E-state index in [1.54, 1.807) is 0 Å². The molecule has 1 nitrogen and oxygen atoms in total. The van der Waals surface area contributed by atoms with Crippen LogP contribution in [0.5, 0.6) is 0 Å². The molecule has 0 unspecified atom stereocenters. The van der Waals surface area contributed by atoms with E-state index in [1.165, 1.54) is 24.8 Å². The van der Waals surface area contributed by atoms with Gasteiger partial charge in [-0.05, 0) is 49.2 Å². The van der Waals surface area contributed by atoms with Crippen molar-refractivity contribution < 1.29 is 0 Å². The van der Waals surface area contributed by atoms with E-state index in [-0.39, 0.29) is 0 Å². The average molecular weight is 173 g/mol. The summed E-state index contributed by atoms with van der Waals surface area (Å²) in [6.07, 6.45) is 10.4. The lowest BCUT2D eigenvalue weighted by molar-refractivity contribution is 0.312. The van der Waals surface area contributed by atoms with Crippen LogP contribution >= 0.6 is 0 Å². The van der Waals surface area contributed by atoms with E-state index in [2.05, 4.69) is 25.1 Å². The van der Waals surface area contributed by atoms with Crippen LogP contribution in [-0.2, 0) is 0 Å². The third-order valence-corrected chi connectivity index (χ3v) is 3.41. The van der Waals surface area contributed by atoms with Gasteiger partial charge in [0.15, 0.2) is 0 Å². The maximum atomic E-state index is 8.82. The van der Waals surface area contributed by atoms with E-state index < -0.39 is 0 Å².